The Labute approximate surface area is 120 Å². The summed E-state index contributed by atoms with van der Waals surface area (Å²) in [4.78, 5) is 36.5. The molecular formula is C15H24N2O3. The highest BCUT2D eigenvalue weighted by atomic mass is 16.2. The molecule has 1 saturated heterocycles. The second kappa shape index (κ2) is 5.54. The normalized spacial score (nSPS) is 28.2. The van der Waals surface area contributed by atoms with E-state index in [1.165, 1.54) is 4.90 Å². The number of carbonyl (C=O) groups is 3. The zero-order valence-electron chi connectivity index (χ0n) is 12.6. The van der Waals surface area contributed by atoms with Gasteiger partial charge in [0.15, 0.2) is 0 Å². The minimum Gasteiger partial charge on any atom is -0.324 e. The van der Waals surface area contributed by atoms with Gasteiger partial charge in [0, 0.05) is 5.92 Å². The van der Waals surface area contributed by atoms with Crippen LogP contribution in [0.4, 0.5) is 0 Å². The molecule has 0 spiro atoms. The van der Waals surface area contributed by atoms with Crippen LogP contribution in [0.2, 0.25) is 0 Å². The molecule has 5 nitrogen and oxygen atoms in total. The monoisotopic (exact) mass is 280 g/mol. The third-order valence-corrected chi connectivity index (χ3v) is 4.56. The number of rotatable bonds is 1. The summed E-state index contributed by atoms with van der Waals surface area (Å²) in [5.41, 5.74) is 0.287. The van der Waals surface area contributed by atoms with Crippen LogP contribution < -0.4 is 5.32 Å². The first-order chi connectivity index (χ1) is 9.27. The third kappa shape index (κ3) is 3.38. The van der Waals surface area contributed by atoms with Gasteiger partial charge >= 0.3 is 0 Å². The summed E-state index contributed by atoms with van der Waals surface area (Å²) >= 11 is 0. The van der Waals surface area contributed by atoms with E-state index >= 15 is 0 Å². The van der Waals surface area contributed by atoms with Crippen LogP contribution in [0.3, 0.4) is 0 Å². The lowest BCUT2D eigenvalue weighted by Gasteiger charge is -2.38. The van der Waals surface area contributed by atoms with Gasteiger partial charge in [-0.15, -0.1) is 0 Å². The molecule has 1 saturated carbocycles. The maximum atomic E-state index is 12.4. The molecule has 2 rings (SSSR count). The fourth-order valence-electron chi connectivity index (χ4n) is 3.26. The molecule has 0 aromatic heterocycles. The average Bonchev–Trinajstić information content (AvgIpc) is 2.36. The highest BCUT2D eigenvalue weighted by Gasteiger charge is 2.36. The highest BCUT2D eigenvalue weighted by Crippen LogP contribution is 2.40. The van der Waals surface area contributed by atoms with E-state index < -0.39 is 0 Å². The van der Waals surface area contributed by atoms with Crippen LogP contribution in [0.25, 0.3) is 0 Å². The summed E-state index contributed by atoms with van der Waals surface area (Å²) in [7, 11) is 0. The molecule has 3 amide bonds. The largest absolute Gasteiger partial charge is 0.324 e. The van der Waals surface area contributed by atoms with Gasteiger partial charge in [-0.05, 0) is 37.0 Å². The molecule has 2 fully saturated rings. The van der Waals surface area contributed by atoms with Crippen LogP contribution >= 0.6 is 0 Å². The minimum absolute atomic E-state index is 0.0176. The van der Waals surface area contributed by atoms with Crippen LogP contribution in [-0.2, 0) is 14.4 Å². The van der Waals surface area contributed by atoms with Crippen molar-refractivity contribution in [1.82, 2.24) is 10.2 Å². The van der Waals surface area contributed by atoms with Crippen molar-refractivity contribution in [2.45, 2.75) is 46.5 Å². The number of hydrogen-bond acceptors (Lipinski definition) is 3. The van der Waals surface area contributed by atoms with Crippen molar-refractivity contribution in [1.29, 1.82) is 0 Å². The van der Waals surface area contributed by atoms with Crippen molar-refractivity contribution in [2.75, 3.05) is 13.1 Å². The first-order valence-corrected chi connectivity index (χ1v) is 7.39. The molecule has 1 aliphatic heterocycles. The summed E-state index contributed by atoms with van der Waals surface area (Å²) in [6, 6.07) is 0. The summed E-state index contributed by atoms with van der Waals surface area (Å²) < 4.78 is 0. The van der Waals surface area contributed by atoms with E-state index in [1.54, 1.807) is 0 Å². The second-order valence-corrected chi connectivity index (χ2v) is 7.08. The molecule has 112 valence electrons. The van der Waals surface area contributed by atoms with E-state index in [1.807, 2.05) is 0 Å². The Bertz CT molecular complexity index is 401. The number of nitrogens with zero attached hydrogens (tertiary/aromatic N) is 1. The minimum atomic E-state index is -0.377. The quantitative estimate of drug-likeness (QED) is 0.737. The summed E-state index contributed by atoms with van der Waals surface area (Å²) in [5, 5.41) is 2.22. The molecular weight excluding hydrogens is 256 g/mol. The molecule has 0 aromatic rings. The van der Waals surface area contributed by atoms with Gasteiger partial charge in [-0.1, -0.05) is 20.8 Å². The van der Waals surface area contributed by atoms with Crippen LogP contribution in [0.5, 0.6) is 0 Å². The van der Waals surface area contributed by atoms with Crippen molar-refractivity contribution >= 4 is 17.7 Å². The first-order valence-electron chi connectivity index (χ1n) is 7.39. The molecule has 2 aliphatic rings. The van der Waals surface area contributed by atoms with Gasteiger partial charge < -0.3 is 4.90 Å². The smallest absolute Gasteiger partial charge is 0.246 e. The third-order valence-electron chi connectivity index (χ3n) is 4.56. The number of hydrogen-bond donors (Lipinski definition) is 1. The van der Waals surface area contributed by atoms with Crippen molar-refractivity contribution < 1.29 is 14.4 Å². The van der Waals surface area contributed by atoms with Gasteiger partial charge in [0.1, 0.15) is 13.1 Å². The number of piperazine rings is 1. The van der Waals surface area contributed by atoms with Gasteiger partial charge in [-0.25, -0.2) is 0 Å². The number of carbonyl (C=O) groups excluding carboxylic acids is 3. The molecule has 0 aromatic carbocycles. The topological polar surface area (TPSA) is 66.5 Å². The maximum Gasteiger partial charge on any atom is 0.246 e. The fourth-order valence-corrected chi connectivity index (χ4v) is 3.26. The Morgan fingerprint density at radius 2 is 1.55 bits per heavy atom. The maximum absolute atomic E-state index is 12.4. The molecule has 5 heteroatoms. The van der Waals surface area contributed by atoms with E-state index in [9.17, 15) is 14.4 Å². The zero-order valence-corrected chi connectivity index (χ0v) is 12.6. The van der Waals surface area contributed by atoms with Gasteiger partial charge in [-0.2, -0.15) is 0 Å². The Morgan fingerprint density at radius 1 is 1.05 bits per heavy atom. The van der Waals surface area contributed by atoms with Gasteiger partial charge in [0.2, 0.25) is 17.7 Å². The average molecular weight is 280 g/mol. The fraction of sp³-hybridized carbons (Fsp3) is 0.800. The summed E-state index contributed by atoms with van der Waals surface area (Å²) in [6.07, 6.45) is 3.84. The van der Waals surface area contributed by atoms with E-state index in [0.717, 1.165) is 25.7 Å². The lowest BCUT2D eigenvalue weighted by atomic mass is 9.69. The lowest BCUT2D eigenvalue weighted by Crippen LogP contribution is -2.54. The molecule has 0 unspecified atom stereocenters. The molecule has 0 radical (unpaired) electrons. The predicted molar refractivity (Wildman–Crippen MR) is 74.6 cm³/mol. The predicted octanol–water partition coefficient (Wildman–Crippen LogP) is 1.32. The van der Waals surface area contributed by atoms with Crippen molar-refractivity contribution in [3.05, 3.63) is 0 Å². The van der Waals surface area contributed by atoms with Crippen molar-refractivity contribution in [3.8, 4) is 0 Å². The lowest BCUT2D eigenvalue weighted by molar-refractivity contribution is -0.148. The number of nitrogens with one attached hydrogen (secondary N) is 1. The molecule has 1 heterocycles. The van der Waals surface area contributed by atoms with Gasteiger partial charge in [-0.3, -0.25) is 19.7 Å². The molecule has 0 bridgehead atoms. The van der Waals surface area contributed by atoms with E-state index in [0.29, 0.717) is 5.92 Å². The summed E-state index contributed by atoms with van der Waals surface area (Å²) in [5.74, 6) is -0.151. The number of amides is 3. The van der Waals surface area contributed by atoms with Gasteiger partial charge in [0.25, 0.3) is 0 Å². The Kier molecular flexibility index (Phi) is 4.16. The standard InChI is InChI=1S/C15H24N2O3/c1-15(2,3)11-6-4-10(5-7-11)14(20)17-8-12(18)16-13(19)9-17/h10-11H,4-9H2,1-3H3,(H,16,18,19). The Morgan fingerprint density at radius 3 is 2.00 bits per heavy atom. The summed E-state index contributed by atoms with van der Waals surface area (Å²) in [6.45, 7) is 6.77. The van der Waals surface area contributed by atoms with Crippen molar-refractivity contribution in [3.63, 3.8) is 0 Å². The van der Waals surface area contributed by atoms with Crippen molar-refractivity contribution in [2.24, 2.45) is 17.3 Å². The van der Waals surface area contributed by atoms with Crippen LogP contribution in [0, 0.1) is 17.3 Å². The first kappa shape index (κ1) is 15.0. The Hall–Kier alpha value is -1.39. The van der Waals surface area contributed by atoms with E-state index in [2.05, 4.69) is 26.1 Å². The van der Waals surface area contributed by atoms with Crippen LogP contribution in [0.15, 0.2) is 0 Å². The van der Waals surface area contributed by atoms with Crippen LogP contribution in [0.1, 0.15) is 46.5 Å². The van der Waals surface area contributed by atoms with Gasteiger partial charge in [0.05, 0.1) is 0 Å². The molecule has 0 atom stereocenters. The number of imide groups is 1. The van der Waals surface area contributed by atoms with E-state index in [4.69, 9.17) is 0 Å². The zero-order chi connectivity index (χ0) is 14.9. The molecule has 1 N–H and O–H groups in total. The van der Waals surface area contributed by atoms with E-state index in [-0.39, 0.29) is 42.1 Å². The second-order valence-electron chi connectivity index (χ2n) is 7.08. The SMILES string of the molecule is CC(C)(C)C1CCC(C(=O)N2CC(=O)NC(=O)C2)CC1. The van der Waals surface area contributed by atoms with Crippen LogP contribution in [-0.4, -0.2) is 35.7 Å². The highest BCUT2D eigenvalue weighted by molar-refractivity contribution is 6.02. The molecule has 1 aliphatic carbocycles. The molecule has 20 heavy (non-hydrogen) atoms. The Balaban J connectivity index is 1.92.